The molecule has 0 amide bonds. The first-order valence-corrected chi connectivity index (χ1v) is 7.77. The van der Waals surface area contributed by atoms with Gasteiger partial charge in [0.2, 0.25) is 0 Å². The fourth-order valence-corrected chi connectivity index (χ4v) is 3.14. The summed E-state index contributed by atoms with van der Waals surface area (Å²) in [5.74, 6) is 0.990. The van der Waals surface area contributed by atoms with E-state index < -0.39 is 0 Å². The maximum Gasteiger partial charge on any atom is 0.123 e. The Kier molecular flexibility index (Phi) is 5.44. The lowest BCUT2D eigenvalue weighted by Crippen LogP contribution is -2.38. The van der Waals surface area contributed by atoms with Gasteiger partial charge in [0, 0.05) is 24.2 Å². The van der Waals surface area contributed by atoms with Gasteiger partial charge in [0.15, 0.2) is 0 Å². The Morgan fingerprint density at radius 2 is 2.25 bits per heavy atom. The van der Waals surface area contributed by atoms with Crippen molar-refractivity contribution in [1.82, 2.24) is 10.2 Å². The van der Waals surface area contributed by atoms with Crippen LogP contribution < -0.4 is 10.1 Å². The van der Waals surface area contributed by atoms with Crippen molar-refractivity contribution in [1.29, 1.82) is 0 Å². The Morgan fingerprint density at radius 3 is 2.95 bits per heavy atom. The van der Waals surface area contributed by atoms with Gasteiger partial charge in [-0.25, -0.2) is 0 Å². The smallest absolute Gasteiger partial charge is 0.123 e. The molecule has 1 aliphatic heterocycles. The van der Waals surface area contributed by atoms with E-state index in [0.717, 1.165) is 18.8 Å². The van der Waals surface area contributed by atoms with E-state index in [9.17, 15) is 0 Å². The number of hydrogen-bond acceptors (Lipinski definition) is 3. The molecule has 1 aromatic rings. The summed E-state index contributed by atoms with van der Waals surface area (Å²) in [6, 6.07) is 7.47. The third-order valence-electron chi connectivity index (χ3n) is 4.42. The van der Waals surface area contributed by atoms with Gasteiger partial charge in [-0.2, -0.15) is 0 Å². The Labute approximate surface area is 123 Å². The number of methoxy groups -OCH3 is 1. The van der Waals surface area contributed by atoms with Gasteiger partial charge in [-0.3, -0.25) is 4.90 Å². The summed E-state index contributed by atoms with van der Waals surface area (Å²) in [6.45, 7) is 10.1. The summed E-state index contributed by atoms with van der Waals surface area (Å²) in [7, 11) is 1.75. The zero-order valence-corrected chi connectivity index (χ0v) is 13.3. The second-order valence-corrected chi connectivity index (χ2v) is 5.80. The fourth-order valence-electron chi connectivity index (χ4n) is 3.14. The molecule has 3 nitrogen and oxygen atoms in total. The topological polar surface area (TPSA) is 24.5 Å². The number of likely N-dealkylation sites (N-methyl/N-ethyl adjacent to an activating group) is 1. The van der Waals surface area contributed by atoms with Crippen LogP contribution in [0.15, 0.2) is 18.2 Å². The first-order chi connectivity index (χ1) is 9.65. The zero-order chi connectivity index (χ0) is 14.5. The molecule has 2 atom stereocenters. The van der Waals surface area contributed by atoms with Crippen molar-refractivity contribution >= 4 is 0 Å². The molecule has 0 aromatic heterocycles. The maximum atomic E-state index is 5.51. The molecular formula is C17H28N2O. The van der Waals surface area contributed by atoms with Crippen LogP contribution in [0.25, 0.3) is 0 Å². The summed E-state index contributed by atoms with van der Waals surface area (Å²) >= 11 is 0. The van der Waals surface area contributed by atoms with Crippen molar-refractivity contribution in [2.45, 2.75) is 45.7 Å². The van der Waals surface area contributed by atoms with Gasteiger partial charge in [-0.1, -0.05) is 19.1 Å². The van der Waals surface area contributed by atoms with Crippen LogP contribution in [0.3, 0.4) is 0 Å². The van der Waals surface area contributed by atoms with Crippen LogP contribution in [0, 0.1) is 6.92 Å². The van der Waals surface area contributed by atoms with Crippen LogP contribution >= 0.6 is 0 Å². The van der Waals surface area contributed by atoms with Crippen molar-refractivity contribution < 1.29 is 4.74 Å². The zero-order valence-electron chi connectivity index (χ0n) is 13.3. The third-order valence-corrected chi connectivity index (χ3v) is 4.42. The maximum absolute atomic E-state index is 5.51. The Bertz CT molecular complexity index is 433. The molecule has 0 saturated carbocycles. The molecule has 2 unspecified atom stereocenters. The molecule has 1 saturated heterocycles. The quantitative estimate of drug-likeness (QED) is 0.864. The molecule has 0 radical (unpaired) electrons. The van der Waals surface area contributed by atoms with Gasteiger partial charge in [0.25, 0.3) is 0 Å². The molecule has 3 heteroatoms. The molecule has 1 N–H and O–H groups in total. The van der Waals surface area contributed by atoms with Crippen LogP contribution in [0.4, 0.5) is 0 Å². The summed E-state index contributed by atoms with van der Waals surface area (Å²) in [4.78, 5) is 2.58. The third kappa shape index (κ3) is 3.53. The second kappa shape index (κ2) is 7.09. The first kappa shape index (κ1) is 15.3. The van der Waals surface area contributed by atoms with Crippen molar-refractivity contribution in [2.75, 3.05) is 26.7 Å². The van der Waals surface area contributed by atoms with Crippen LogP contribution in [0.2, 0.25) is 0 Å². The van der Waals surface area contributed by atoms with Crippen molar-refractivity contribution in [2.24, 2.45) is 0 Å². The Morgan fingerprint density at radius 1 is 1.45 bits per heavy atom. The molecule has 112 valence electrons. The highest BCUT2D eigenvalue weighted by atomic mass is 16.5. The molecule has 0 bridgehead atoms. The van der Waals surface area contributed by atoms with E-state index in [1.807, 2.05) is 0 Å². The van der Waals surface area contributed by atoms with Gasteiger partial charge >= 0.3 is 0 Å². The standard InChI is InChI=1S/C17H28N2O/c1-5-19-10-6-7-15(19)12-18-14(3)16-9-8-13(2)11-17(16)20-4/h8-9,11,14-15,18H,5-7,10,12H2,1-4H3. The van der Waals surface area contributed by atoms with Crippen LogP contribution in [-0.4, -0.2) is 37.7 Å². The lowest BCUT2D eigenvalue weighted by Gasteiger charge is -2.25. The van der Waals surface area contributed by atoms with Gasteiger partial charge in [-0.15, -0.1) is 0 Å². The van der Waals surface area contributed by atoms with E-state index in [2.05, 4.69) is 49.2 Å². The van der Waals surface area contributed by atoms with Crippen LogP contribution in [-0.2, 0) is 0 Å². The lowest BCUT2D eigenvalue weighted by molar-refractivity contribution is 0.254. The van der Waals surface area contributed by atoms with Crippen molar-refractivity contribution in [3.8, 4) is 5.75 Å². The van der Waals surface area contributed by atoms with E-state index in [-0.39, 0.29) is 0 Å². The summed E-state index contributed by atoms with van der Waals surface area (Å²) in [5.41, 5.74) is 2.49. The minimum atomic E-state index is 0.324. The number of likely N-dealkylation sites (tertiary alicyclic amines) is 1. The number of hydrogen-bond donors (Lipinski definition) is 1. The largest absolute Gasteiger partial charge is 0.496 e. The van der Waals surface area contributed by atoms with E-state index >= 15 is 0 Å². The number of benzene rings is 1. The number of rotatable bonds is 6. The van der Waals surface area contributed by atoms with Gasteiger partial charge in [-0.05, 0) is 51.4 Å². The molecule has 1 fully saturated rings. The minimum Gasteiger partial charge on any atom is -0.496 e. The number of ether oxygens (including phenoxy) is 1. The SMILES string of the molecule is CCN1CCCC1CNC(C)c1ccc(C)cc1OC. The number of nitrogens with zero attached hydrogens (tertiary/aromatic N) is 1. The van der Waals surface area contributed by atoms with E-state index in [1.165, 1.54) is 30.5 Å². The number of nitrogens with one attached hydrogen (secondary N) is 1. The predicted octanol–water partition coefficient (Wildman–Crippen LogP) is 3.14. The molecule has 1 heterocycles. The van der Waals surface area contributed by atoms with E-state index in [4.69, 9.17) is 4.74 Å². The molecule has 2 rings (SSSR count). The second-order valence-electron chi connectivity index (χ2n) is 5.80. The molecule has 0 spiro atoms. The van der Waals surface area contributed by atoms with Crippen molar-refractivity contribution in [3.05, 3.63) is 29.3 Å². The monoisotopic (exact) mass is 276 g/mol. The Hall–Kier alpha value is -1.06. The molecule has 20 heavy (non-hydrogen) atoms. The highest BCUT2D eigenvalue weighted by Gasteiger charge is 2.23. The molecule has 0 aliphatic carbocycles. The molecule has 1 aromatic carbocycles. The number of aryl methyl sites for hydroxylation is 1. The van der Waals surface area contributed by atoms with Gasteiger partial charge in [0.1, 0.15) is 5.75 Å². The van der Waals surface area contributed by atoms with Crippen molar-refractivity contribution in [3.63, 3.8) is 0 Å². The fraction of sp³-hybridized carbons (Fsp3) is 0.647. The average molecular weight is 276 g/mol. The predicted molar refractivity (Wildman–Crippen MR) is 84.4 cm³/mol. The highest BCUT2D eigenvalue weighted by Crippen LogP contribution is 2.26. The molecule has 1 aliphatic rings. The van der Waals surface area contributed by atoms with Crippen LogP contribution in [0.5, 0.6) is 5.75 Å². The molecular weight excluding hydrogens is 248 g/mol. The summed E-state index contributed by atoms with van der Waals surface area (Å²) in [5, 5.41) is 3.68. The average Bonchev–Trinajstić information content (AvgIpc) is 2.92. The summed E-state index contributed by atoms with van der Waals surface area (Å²) < 4.78 is 5.51. The summed E-state index contributed by atoms with van der Waals surface area (Å²) in [6.07, 6.45) is 2.65. The van der Waals surface area contributed by atoms with Crippen LogP contribution in [0.1, 0.15) is 43.9 Å². The Balaban J connectivity index is 1.96. The normalized spacial score (nSPS) is 21.1. The van der Waals surface area contributed by atoms with E-state index in [1.54, 1.807) is 7.11 Å². The lowest BCUT2D eigenvalue weighted by atomic mass is 10.0. The minimum absolute atomic E-state index is 0.324. The first-order valence-electron chi connectivity index (χ1n) is 7.77. The van der Waals surface area contributed by atoms with Gasteiger partial charge < -0.3 is 10.1 Å². The van der Waals surface area contributed by atoms with Gasteiger partial charge in [0.05, 0.1) is 7.11 Å². The van der Waals surface area contributed by atoms with E-state index in [0.29, 0.717) is 12.1 Å². The highest BCUT2D eigenvalue weighted by molar-refractivity contribution is 5.39.